The molecule has 3 aromatic rings. The normalized spacial score (nSPS) is 16.5. The van der Waals surface area contributed by atoms with Crippen molar-refractivity contribution in [3.63, 3.8) is 0 Å². The Kier molecular flexibility index (Phi) is 5.82. The highest BCUT2D eigenvalue weighted by Gasteiger charge is 2.36. The van der Waals surface area contributed by atoms with Gasteiger partial charge < -0.3 is 15.2 Å². The second-order valence-electron chi connectivity index (χ2n) is 8.81. The van der Waals surface area contributed by atoms with Crippen LogP contribution in [0.1, 0.15) is 46.4 Å². The number of nitrogens with one attached hydrogen (secondary N) is 2. The molecule has 2 N–H and O–H groups in total. The van der Waals surface area contributed by atoms with E-state index in [0.717, 1.165) is 35.4 Å². The van der Waals surface area contributed by atoms with Crippen LogP contribution < -0.4 is 5.32 Å². The van der Waals surface area contributed by atoms with Crippen molar-refractivity contribution in [1.29, 1.82) is 0 Å². The standard InChI is InChI=1S/C24H23F3N4O3S/c25-24(26,27)16-7-9-17(10-8-16)29-20-6-1-3-15-14-31(12-11-19(15)20)22(32)21-13-28-23(30-21)35(33,34)18-4-2-5-18/h1,3,6-10,13,18,29H,2,4-5,11-12,14H2,(H,28,30). The van der Waals surface area contributed by atoms with Gasteiger partial charge in [-0.25, -0.2) is 13.4 Å². The average molecular weight is 505 g/mol. The number of sulfone groups is 1. The molecule has 35 heavy (non-hydrogen) atoms. The van der Waals surface area contributed by atoms with Crippen LogP contribution in [-0.4, -0.2) is 41.0 Å². The first-order valence-corrected chi connectivity index (χ1v) is 12.8. The molecule has 0 bridgehead atoms. The molecule has 184 valence electrons. The Hall–Kier alpha value is -3.34. The highest BCUT2D eigenvalue weighted by atomic mass is 32.2. The number of H-pyrrole nitrogens is 1. The zero-order valence-corrected chi connectivity index (χ0v) is 19.4. The Bertz CT molecular complexity index is 1360. The molecule has 0 unspecified atom stereocenters. The van der Waals surface area contributed by atoms with Crippen molar-refractivity contribution < 1.29 is 26.4 Å². The van der Waals surface area contributed by atoms with Crippen LogP contribution in [0.3, 0.4) is 0 Å². The van der Waals surface area contributed by atoms with Crippen LogP contribution in [0.2, 0.25) is 0 Å². The highest BCUT2D eigenvalue weighted by Crippen LogP contribution is 2.33. The molecular formula is C24H23F3N4O3S. The Balaban J connectivity index is 1.30. The minimum Gasteiger partial charge on any atom is -0.355 e. The summed E-state index contributed by atoms with van der Waals surface area (Å²) < 4.78 is 63.6. The fourth-order valence-corrected chi connectivity index (χ4v) is 6.08. The van der Waals surface area contributed by atoms with E-state index in [1.54, 1.807) is 4.90 Å². The molecule has 7 nitrogen and oxygen atoms in total. The largest absolute Gasteiger partial charge is 0.416 e. The summed E-state index contributed by atoms with van der Waals surface area (Å²) in [5.74, 6) is -0.358. The number of aromatic amines is 1. The number of carbonyl (C=O) groups excluding carboxylic acids is 1. The van der Waals surface area contributed by atoms with E-state index in [1.165, 1.54) is 18.3 Å². The average Bonchev–Trinajstić information content (AvgIpc) is 3.28. The number of benzene rings is 2. The quantitative estimate of drug-likeness (QED) is 0.525. The smallest absolute Gasteiger partial charge is 0.355 e. The maximum atomic E-state index is 13.0. The molecule has 1 saturated carbocycles. The Morgan fingerprint density at radius 2 is 1.86 bits per heavy atom. The lowest BCUT2D eigenvalue weighted by Gasteiger charge is -2.30. The van der Waals surface area contributed by atoms with Crippen LogP contribution in [0.4, 0.5) is 24.5 Å². The van der Waals surface area contributed by atoms with E-state index < -0.39 is 26.8 Å². The number of halogens is 3. The van der Waals surface area contributed by atoms with E-state index in [0.29, 0.717) is 38.0 Å². The third kappa shape index (κ3) is 4.52. The molecular weight excluding hydrogens is 481 g/mol. The second-order valence-corrected chi connectivity index (χ2v) is 11.0. The summed E-state index contributed by atoms with van der Waals surface area (Å²) >= 11 is 0. The number of nitrogens with zero attached hydrogens (tertiary/aromatic N) is 2. The molecule has 1 amide bonds. The summed E-state index contributed by atoms with van der Waals surface area (Å²) in [6, 6.07) is 10.4. The van der Waals surface area contributed by atoms with Crippen molar-refractivity contribution in [2.24, 2.45) is 0 Å². The predicted octanol–water partition coefficient (Wildman–Crippen LogP) is 4.70. The van der Waals surface area contributed by atoms with Gasteiger partial charge in [0.25, 0.3) is 5.91 Å². The van der Waals surface area contributed by atoms with Gasteiger partial charge in [0.05, 0.1) is 10.8 Å². The lowest BCUT2D eigenvalue weighted by Crippen LogP contribution is -2.36. The van der Waals surface area contributed by atoms with E-state index >= 15 is 0 Å². The monoisotopic (exact) mass is 504 g/mol. The predicted molar refractivity (Wildman–Crippen MR) is 123 cm³/mol. The molecule has 2 heterocycles. The minimum atomic E-state index is -4.39. The molecule has 5 rings (SSSR count). The zero-order valence-electron chi connectivity index (χ0n) is 18.6. The third-order valence-corrected chi connectivity index (χ3v) is 8.68. The van der Waals surface area contributed by atoms with Gasteiger partial charge in [-0.1, -0.05) is 18.6 Å². The van der Waals surface area contributed by atoms with E-state index in [-0.39, 0.29) is 16.8 Å². The third-order valence-electron chi connectivity index (χ3n) is 6.58. The van der Waals surface area contributed by atoms with Crippen molar-refractivity contribution in [3.8, 4) is 0 Å². The molecule has 0 saturated heterocycles. The Morgan fingerprint density at radius 3 is 2.51 bits per heavy atom. The van der Waals surface area contributed by atoms with E-state index in [2.05, 4.69) is 15.3 Å². The Labute approximate surface area is 200 Å². The SMILES string of the molecule is O=C(c1c[nH]c(S(=O)(=O)C2CCC2)n1)N1CCc2c(cccc2Nc2ccc(C(F)(F)F)cc2)C1. The molecule has 0 radical (unpaired) electrons. The first-order chi connectivity index (χ1) is 16.6. The van der Waals surface area contributed by atoms with Crippen LogP contribution in [0.25, 0.3) is 0 Å². The van der Waals surface area contributed by atoms with Gasteiger partial charge in [0.1, 0.15) is 5.69 Å². The number of rotatable bonds is 5. The van der Waals surface area contributed by atoms with Gasteiger partial charge in [0, 0.05) is 30.7 Å². The highest BCUT2D eigenvalue weighted by molar-refractivity contribution is 7.91. The first kappa shape index (κ1) is 23.4. The minimum absolute atomic E-state index is 0.0605. The summed E-state index contributed by atoms with van der Waals surface area (Å²) in [5, 5.41) is 2.58. The molecule has 1 aromatic heterocycles. The van der Waals surface area contributed by atoms with Crippen molar-refractivity contribution in [2.45, 2.75) is 48.8 Å². The topological polar surface area (TPSA) is 95.2 Å². The maximum Gasteiger partial charge on any atom is 0.416 e. The van der Waals surface area contributed by atoms with Crippen molar-refractivity contribution in [1.82, 2.24) is 14.9 Å². The molecule has 1 fully saturated rings. The molecule has 2 aromatic carbocycles. The van der Waals surface area contributed by atoms with Crippen molar-refractivity contribution in [2.75, 3.05) is 11.9 Å². The number of imidazole rings is 1. The molecule has 1 aliphatic carbocycles. The van der Waals surface area contributed by atoms with Crippen LogP contribution in [0.5, 0.6) is 0 Å². The molecule has 0 atom stereocenters. The van der Waals surface area contributed by atoms with Crippen molar-refractivity contribution >= 4 is 27.1 Å². The van der Waals surface area contributed by atoms with Crippen LogP contribution in [-0.2, 0) is 29.0 Å². The van der Waals surface area contributed by atoms with Gasteiger partial charge in [-0.15, -0.1) is 0 Å². The number of alkyl halides is 3. The van der Waals surface area contributed by atoms with Gasteiger partial charge in [-0.2, -0.15) is 13.2 Å². The van der Waals surface area contributed by atoms with Gasteiger partial charge in [0.2, 0.25) is 15.0 Å². The van der Waals surface area contributed by atoms with Gasteiger partial charge >= 0.3 is 6.18 Å². The number of hydrogen-bond donors (Lipinski definition) is 2. The molecule has 2 aliphatic rings. The maximum absolute atomic E-state index is 13.0. The zero-order chi connectivity index (χ0) is 24.8. The van der Waals surface area contributed by atoms with E-state index in [1.807, 2.05) is 18.2 Å². The van der Waals surface area contributed by atoms with Gasteiger partial charge in [0.15, 0.2) is 0 Å². The van der Waals surface area contributed by atoms with Crippen LogP contribution in [0.15, 0.2) is 53.8 Å². The van der Waals surface area contributed by atoms with Crippen LogP contribution >= 0.6 is 0 Å². The van der Waals surface area contributed by atoms with E-state index in [9.17, 15) is 26.4 Å². The molecule has 0 spiro atoms. The summed E-state index contributed by atoms with van der Waals surface area (Å²) in [4.78, 5) is 21.4. The summed E-state index contributed by atoms with van der Waals surface area (Å²) in [5.41, 5.74) is 2.52. The number of aromatic nitrogens is 2. The Morgan fingerprint density at radius 1 is 1.11 bits per heavy atom. The summed E-state index contributed by atoms with van der Waals surface area (Å²) in [6.07, 6.45) is -0.430. The lowest BCUT2D eigenvalue weighted by atomic mass is 9.97. The number of hydrogen-bond acceptors (Lipinski definition) is 5. The molecule has 1 aliphatic heterocycles. The van der Waals surface area contributed by atoms with Gasteiger partial charge in [-0.3, -0.25) is 4.79 Å². The number of anilines is 2. The second kappa shape index (κ2) is 8.71. The number of amides is 1. The number of fused-ring (bicyclic) bond motifs is 1. The fourth-order valence-electron chi connectivity index (χ4n) is 4.36. The van der Waals surface area contributed by atoms with E-state index in [4.69, 9.17) is 0 Å². The summed E-state index contributed by atoms with van der Waals surface area (Å²) in [7, 11) is -3.55. The summed E-state index contributed by atoms with van der Waals surface area (Å²) in [6.45, 7) is 0.712. The number of carbonyl (C=O) groups is 1. The van der Waals surface area contributed by atoms with Crippen molar-refractivity contribution in [3.05, 3.63) is 71.0 Å². The first-order valence-electron chi connectivity index (χ1n) is 11.3. The molecule has 11 heteroatoms. The fraction of sp³-hybridized carbons (Fsp3) is 0.333. The van der Waals surface area contributed by atoms with Gasteiger partial charge in [-0.05, 0) is 60.7 Å². The lowest BCUT2D eigenvalue weighted by molar-refractivity contribution is -0.137. The van der Waals surface area contributed by atoms with Crippen LogP contribution in [0, 0.1) is 0 Å².